The number of rotatable bonds is 7. The summed E-state index contributed by atoms with van der Waals surface area (Å²) in [7, 11) is 0. The van der Waals surface area contributed by atoms with Gasteiger partial charge in [0.15, 0.2) is 0 Å². The zero-order valence-electron chi connectivity index (χ0n) is 18.5. The van der Waals surface area contributed by atoms with Gasteiger partial charge in [-0.1, -0.05) is 29.4 Å². The van der Waals surface area contributed by atoms with Crippen molar-refractivity contribution in [3.05, 3.63) is 90.4 Å². The van der Waals surface area contributed by atoms with E-state index in [2.05, 4.69) is 15.1 Å². The Morgan fingerprint density at radius 2 is 1.82 bits per heavy atom. The molecule has 0 atom stereocenters. The maximum atomic E-state index is 13.5. The van der Waals surface area contributed by atoms with E-state index in [4.69, 9.17) is 14.0 Å². The van der Waals surface area contributed by atoms with Crippen molar-refractivity contribution in [1.29, 1.82) is 0 Å². The van der Waals surface area contributed by atoms with Crippen molar-refractivity contribution in [3.63, 3.8) is 0 Å². The van der Waals surface area contributed by atoms with Crippen LogP contribution in [0.15, 0.2) is 83.8 Å². The van der Waals surface area contributed by atoms with E-state index in [0.717, 1.165) is 24.1 Å². The molecule has 4 heterocycles. The Balaban J connectivity index is 1.30. The third kappa shape index (κ3) is 4.82. The molecule has 1 aliphatic rings. The van der Waals surface area contributed by atoms with Crippen LogP contribution < -0.4 is 9.64 Å². The van der Waals surface area contributed by atoms with Gasteiger partial charge in [0.25, 0.3) is 5.91 Å². The number of amides is 1. The van der Waals surface area contributed by atoms with Gasteiger partial charge in [0.1, 0.15) is 18.6 Å². The second-order valence-electron chi connectivity index (χ2n) is 7.93. The molecule has 0 N–H and O–H groups in total. The molecule has 1 aromatic carbocycles. The zero-order valence-corrected chi connectivity index (χ0v) is 18.5. The highest BCUT2D eigenvalue weighted by Crippen LogP contribution is 2.26. The van der Waals surface area contributed by atoms with Crippen molar-refractivity contribution in [2.45, 2.75) is 25.5 Å². The number of ether oxygens (including phenoxy) is 2. The Morgan fingerprint density at radius 3 is 2.56 bits per heavy atom. The van der Waals surface area contributed by atoms with Crippen molar-refractivity contribution in [3.8, 4) is 17.3 Å². The average molecular weight is 457 g/mol. The van der Waals surface area contributed by atoms with E-state index in [-0.39, 0.29) is 18.6 Å². The summed E-state index contributed by atoms with van der Waals surface area (Å²) in [5, 5.41) is 4.03. The van der Waals surface area contributed by atoms with Crippen LogP contribution in [-0.4, -0.2) is 40.3 Å². The van der Waals surface area contributed by atoms with Crippen LogP contribution in [0.5, 0.6) is 5.88 Å². The maximum absolute atomic E-state index is 13.5. The molecule has 4 aromatic rings. The summed E-state index contributed by atoms with van der Waals surface area (Å²) >= 11 is 0. The van der Waals surface area contributed by atoms with E-state index in [0.29, 0.717) is 36.0 Å². The Bertz CT molecular complexity index is 1210. The van der Waals surface area contributed by atoms with Crippen LogP contribution in [0.2, 0.25) is 0 Å². The van der Waals surface area contributed by atoms with Crippen molar-refractivity contribution in [2.75, 3.05) is 18.1 Å². The first-order chi connectivity index (χ1) is 16.8. The van der Waals surface area contributed by atoms with Crippen LogP contribution in [0.25, 0.3) is 11.4 Å². The standard InChI is InChI=1S/C26H24N4O4/c31-26(30(21-6-2-1-3-7-21)22-11-14-32-15-12-22)19-9-10-24(28-16-19)33-17-20-18-34-29-25(20)23-8-4-5-13-27-23/h1-10,13,16,18,22H,11-12,14-15,17H2. The summed E-state index contributed by atoms with van der Waals surface area (Å²) in [5.74, 6) is 0.315. The third-order valence-corrected chi connectivity index (χ3v) is 5.72. The van der Waals surface area contributed by atoms with E-state index in [1.807, 2.05) is 53.4 Å². The van der Waals surface area contributed by atoms with Gasteiger partial charge in [-0.25, -0.2) is 4.98 Å². The highest BCUT2D eigenvalue weighted by atomic mass is 16.5. The summed E-state index contributed by atoms with van der Waals surface area (Å²) < 4.78 is 16.4. The normalized spacial score (nSPS) is 14.0. The predicted octanol–water partition coefficient (Wildman–Crippen LogP) is 4.54. The van der Waals surface area contributed by atoms with E-state index in [1.165, 1.54) is 6.26 Å². The number of carbonyl (C=O) groups is 1. The molecule has 1 fully saturated rings. The van der Waals surface area contributed by atoms with Crippen LogP contribution in [0.4, 0.5) is 5.69 Å². The zero-order chi connectivity index (χ0) is 23.2. The summed E-state index contributed by atoms with van der Waals surface area (Å²) in [6.07, 6.45) is 6.39. The SMILES string of the molecule is O=C(c1ccc(OCc2conc2-c2ccccn2)nc1)N(c1ccccc1)C1CCOCC1. The molecule has 1 aliphatic heterocycles. The van der Waals surface area contributed by atoms with E-state index in [9.17, 15) is 4.79 Å². The molecule has 0 aliphatic carbocycles. The molecule has 5 rings (SSSR count). The van der Waals surface area contributed by atoms with Gasteiger partial charge in [-0.3, -0.25) is 9.78 Å². The molecule has 34 heavy (non-hydrogen) atoms. The van der Waals surface area contributed by atoms with Gasteiger partial charge in [0, 0.05) is 43.4 Å². The Labute approximate surface area is 197 Å². The second kappa shape index (κ2) is 10.3. The monoisotopic (exact) mass is 456 g/mol. The molecule has 1 saturated heterocycles. The number of hydrogen-bond donors (Lipinski definition) is 0. The maximum Gasteiger partial charge on any atom is 0.260 e. The molecule has 0 radical (unpaired) electrons. The van der Waals surface area contributed by atoms with Crippen molar-refractivity contribution >= 4 is 11.6 Å². The van der Waals surface area contributed by atoms with E-state index in [1.54, 1.807) is 24.5 Å². The molecule has 8 nitrogen and oxygen atoms in total. The number of hydrogen-bond acceptors (Lipinski definition) is 7. The summed E-state index contributed by atoms with van der Waals surface area (Å²) in [4.78, 5) is 24.0. The van der Waals surface area contributed by atoms with Crippen LogP contribution in [0, 0.1) is 0 Å². The molecule has 0 spiro atoms. The Hall–Kier alpha value is -4.04. The Morgan fingerprint density at radius 1 is 1.00 bits per heavy atom. The molecule has 0 unspecified atom stereocenters. The molecule has 0 saturated carbocycles. The molecule has 8 heteroatoms. The van der Waals surface area contributed by atoms with Crippen molar-refractivity contribution in [1.82, 2.24) is 15.1 Å². The number of benzene rings is 1. The molecule has 1 amide bonds. The highest BCUT2D eigenvalue weighted by molar-refractivity contribution is 6.06. The second-order valence-corrected chi connectivity index (χ2v) is 7.93. The van der Waals surface area contributed by atoms with Crippen molar-refractivity contribution < 1.29 is 18.8 Å². The minimum absolute atomic E-state index is 0.0817. The Kier molecular flexibility index (Phi) is 6.58. The lowest BCUT2D eigenvalue weighted by atomic mass is 10.0. The lowest BCUT2D eigenvalue weighted by molar-refractivity contribution is 0.0772. The van der Waals surface area contributed by atoms with Gasteiger partial charge in [-0.15, -0.1) is 0 Å². The fourth-order valence-corrected chi connectivity index (χ4v) is 3.98. The van der Waals surface area contributed by atoms with E-state index >= 15 is 0 Å². The summed E-state index contributed by atoms with van der Waals surface area (Å²) in [6.45, 7) is 1.51. The van der Waals surface area contributed by atoms with Crippen LogP contribution in [0.3, 0.4) is 0 Å². The number of nitrogens with zero attached hydrogens (tertiary/aromatic N) is 4. The van der Waals surface area contributed by atoms with E-state index < -0.39 is 0 Å². The molecular formula is C26H24N4O4. The lowest BCUT2D eigenvalue weighted by Gasteiger charge is -2.34. The minimum atomic E-state index is -0.0892. The van der Waals surface area contributed by atoms with Gasteiger partial charge in [-0.2, -0.15) is 0 Å². The van der Waals surface area contributed by atoms with Gasteiger partial charge in [0.2, 0.25) is 5.88 Å². The quantitative estimate of drug-likeness (QED) is 0.403. The van der Waals surface area contributed by atoms with Gasteiger partial charge >= 0.3 is 0 Å². The van der Waals surface area contributed by atoms with Gasteiger partial charge < -0.3 is 18.9 Å². The number of aromatic nitrogens is 3. The molecular weight excluding hydrogens is 432 g/mol. The number of para-hydroxylation sites is 1. The van der Waals surface area contributed by atoms with Gasteiger partial charge in [0.05, 0.1) is 16.8 Å². The number of carbonyl (C=O) groups excluding carboxylic acids is 1. The molecule has 3 aromatic heterocycles. The number of anilines is 1. The van der Waals surface area contributed by atoms with Crippen LogP contribution >= 0.6 is 0 Å². The smallest absolute Gasteiger partial charge is 0.260 e. The first-order valence-electron chi connectivity index (χ1n) is 11.2. The largest absolute Gasteiger partial charge is 0.473 e. The van der Waals surface area contributed by atoms with Crippen LogP contribution in [0.1, 0.15) is 28.8 Å². The highest BCUT2D eigenvalue weighted by Gasteiger charge is 2.28. The lowest BCUT2D eigenvalue weighted by Crippen LogP contribution is -2.43. The first kappa shape index (κ1) is 21.8. The minimum Gasteiger partial charge on any atom is -0.473 e. The predicted molar refractivity (Wildman–Crippen MR) is 125 cm³/mol. The first-order valence-corrected chi connectivity index (χ1v) is 11.2. The fourth-order valence-electron chi connectivity index (χ4n) is 3.98. The third-order valence-electron chi connectivity index (χ3n) is 5.72. The van der Waals surface area contributed by atoms with Crippen LogP contribution in [-0.2, 0) is 11.3 Å². The fraction of sp³-hybridized carbons (Fsp3) is 0.231. The molecule has 172 valence electrons. The average Bonchev–Trinajstić information content (AvgIpc) is 3.38. The topological polar surface area (TPSA) is 90.6 Å². The summed E-state index contributed by atoms with van der Waals surface area (Å²) in [6, 6.07) is 18.8. The van der Waals surface area contributed by atoms with Crippen molar-refractivity contribution in [2.24, 2.45) is 0 Å². The number of pyridine rings is 2. The van der Waals surface area contributed by atoms with Gasteiger partial charge in [-0.05, 0) is 43.2 Å². The molecule has 0 bridgehead atoms. The summed E-state index contributed by atoms with van der Waals surface area (Å²) in [5.41, 5.74) is 3.46.